The number of sulfonamides is 1. The van der Waals surface area contributed by atoms with Gasteiger partial charge in [0.15, 0.2) is 0 Å². The highest BCUT2D eigenvalue weighted by Crippen LogP contribution is 2.24. The number of oxime groups is 1. The number of hydrogen-bond acceptors (Lipinski definition) is 6. The summed E-state index contributed by atoms with van der Waals surface area (Å²) in [6.07, 6.45) is 1.17. The van der Waals surface area contributed by atoms with E-state index in [1.165, 1.54) is 18.3 Å². The van der Waals surface area contributed by atoms with Gasteiger partial charge < -0.3 is 14.4 Å². The van der Waals surface area contributed by atoms with Gasteiger partial charge >= 0.3 is 0 Å². The van der Waals surface area contributed by atoms with Crippen molar-refractivity contribution in [3.8, 4) is 17.1 Å². The molecule has 1 aromatic heterocycles. The van der Waals surface area contributed by atoms with E-state index in [2.05, 4.69) is 9.88 Å². The summed E-state index contributed by atoms with van der Waals surface area (Å²) >= 11 is 0. The molecular formula is C18H16N2O5S. The topological polar surface area (TPSA) is 101 Å². The van der Waals surface area contributed by atoms with E-state index in [1.807, 2.05) is 0 Å². The monoisotopic (exact) mass is 372 g/mol. The van der Waals surface area contributed by atoms with Crippen LogP contribution in [0.3, 0.4) is 0 Å². The molecule has 0 spiro atoms. The molecule has 0 bridgehead atoms. The Kier molecular flexibility index (Phi) is 4.94. The van der Waals surface area contributed by atoms with Crippen LogP contribution in [0.1, 0.15) is 5.76 Å². The molecule has 0 radical (unpaired) electrons. The molecule has 0 aliphatic heterocycles. The zero-order chi connectivity index (χ0) is 18.6. The number of methoxy groups -OCH3 is 1. The molecule has 0 saturated heterocycles. The summed E-state index contributed by atoms with van der Waals surface area (Å²) in [4.78, 5) is 0.126. The number of nitrogens with zero attached hydrogens (tertiary/aromatic N) is 1. The lowest BCUT2D eigenvalue weighted by atomic mass is 10.2. The summed E-state index contributed by atoms with van der Waals surface area (Å²) < 4.78 is 38.0. The first-order valence-corrected chi connectivity index (χ1v) is 9.05. The lowest BCUT2D eigenvalue weighted by molar-refractivity contribution is 0.321. The maximum atomic E-state index is 12.5. The van der Waals surface area contributed by atoms with Crippen LogP contribution in [-0.2, 0) is 10.0 Å². The van der Waals surface area contributed by atoms with Gasteiger partial charge in [0.1, 0.15) is 23.5 Å². The minimum Gasteiger partial charge on any atom is -0.497 e. The van der Waals surface area contributed by atoms with Crippen molar-refractivity contribution in [3.63, 3.8) is 0 Å². The van der Waals surface area contributed by atoms with E-state index >= 15 is 0 Å². The zero-order valence-corrected chi connectivity index (χ0v) is 14.6. The average Bonchev–Trinajstić information content (AvgIpc) is 3.11. The summed E-state index contributed by atoms with van der Waals surface area (Å²) in [5.41, 5.74) is 1.14. The van der Waals surface area contributed by atoms with E-state index in [9.17, 15) is 8.42 Å². The maximum absolute atomic E-state index is 12.5. The molecule has 3 aromatic rings. The molecule has 0 saturated carbocycles. The Bertz CT molecular complexity index is 1010. The standard InChI is InChI=1S/C18H16N2O5S/c1-24-15-6-4-14(5-7-15)20-26(22,23)17-9-2-13(3-10-17)18-11-8-16(25-18)12-19-21/h2-12,20-21H,1H3/b19-12-. The molecule has 26 heavy (non-hydrogen) atoms. The van der Waals surface area contributed by atoms with Crippen LogP contribution < -0.4 is 9.46 Å². The van der Waals surface area contributed by atoms with Crippen LogP contribution in [0.25, 0.3) is 11.3 Å². The van der Waals surface area contributed by atoms with Crippen molar-refractivity contribution in [3.05, 3.63) is 66.4 Å². The smallest absolute Gasteiger partial charge is 0.261 e. The molecule has 134 valence electrons. The van der Waals surface area contributed by atoms with E-state index < -0.39 is 10.0 Å². The van der Waals surface area contributed by atoms with Crippen molar-refractivity contribution < 1.29 is 22.8 Å². The molecule has 2 aromatic carbocycles. The van der Waals surface area contributed by atoms with Crippen molar-refractivity contribution in [2.45, 2.75) is 4.90 Å². The van der Waals surface area contributed by atoms with Crippen LogP contribution in [-0.4, -0.2) is 26.9 Å². The molecule has 0 aliphatic carbocycles. The summed E-state index contributed by atoms with van der Waals surface area (Å²) in [5.74, 6) is 1.56. The van der Waals surface area contributed by atoms with Crippen molar-refractivity contribution >= 4 is 21.9 Å². The third-order valence-corrected chi connectivity index (χ3v) is 5.00. The van der Waals surface area contributed by atoms with Crippen LogP contribution in [0.4, 0.5) is 5.69 Å². The molecule has 0 atom stereocenters. The Morgan fingerprint density at radius 1 is 1.04 bits per heavy atom. The second-order valence-electron chi connectivity index (χ2n) is 5.30. The SMILES string of the molecule is COc1ccc(NS(=O)(=O)c2ccc(-c3ccc(/C=N\O)o3)cc2)cc1. The van der Waals surface area contributed by atoms with Gasteiger partial charge in [0.05, 0.1) is 12.0 Å². The molecule has 7 nitrogen and oxygen atoms in total. The number of rotatable bonds is 6. The third-order valence-electron chi connectivity index (χ3n) is 3.60. The fourth-order valence-corrected chi connectivity index (χ4v) is 3.36. The van der Waals surface area contributed by atoms with Gasteiger partial charge in [-0.1, -0.05) is 5.16 Å². The number of benzene rings is 2. The van der Waals surface area contributed by atoms with Crippen LogP contribution >= 0.6 is 0 Å². The number of ether oxygens (including phenoxy) is 1. The predicted molar refractivity (Wildman–Crippen MR) is 97.3 cm³/mol. The number of nitrogens with one attached hydrogen (secondary N) is 1. The van der Waals surface area contributed by atoms with Crippen LogP contribution in [0.15, 0.2) is 75.1 Å². The first-order valence-electron chi connectivity index (χ1n) is 7.56. The molecular weight excluding hydrogens is 356 g/mol. The van der Waals surface area contributed by atoms with E-state index in [0.29, 0.717) is 28.5 Å². The largest absolute Gasteiger partial charge is 0.497 e. The Labute approximate surface area is 150 Å². The lowest BCUT2D eigenvalue weighted by Crippen LogP contribution is -2.12. The Hall–Kier alpha value is -3.26. The number of anilines is 1. The average molecular weight is 372 g/mol. The maximum Gasteiger partial charge on any atom is 0.261 e. The lowest BCUT2D eigenvalue weighted by Gasteiger charge is -2.09. The van der Waals surface area contributed by atoms with Gasteiger partial charge in [0.2, 0.25) is 0 Å². The van der Waals surface area contributed by atoms with Crippen LogP contribution in [0, 0.1) is 0 Å². The highest BCUT2D eigenvalue weighted by molar-refractivity contribution is 7.92. The Balaban J connectivity index is 1.79. The van der Waals surface area contributed by atoms with Gasteiger partial charge in [-0.2, -0.15) is 0 Å². The van der Waals surface area contributed by atoms with Crippen molar-refractivity contribution in [1.82, 2.24) is 0 Å². The third kappa shape index (κ3) is 3.86. The van der Waals surface area contributed by atoms with E-state index in [-0.39, 0.29) is 4.90 Å². The molecule has 3 rings (SSSR count). The first kappa shape index (κ1) is 17.6. The summed E-state index contributed by atoms with van der Waals surface area (Å²) in [6, 6.07) is 16.2. The number of hydrogen-bond donors (Lipinski definition) is 2. The quantitative estimate of drug-likeness (QED) is 0.391. The summed E-state index contributed by atoms with van der Waals surface area (Å²) in [5, 5.41) is 11.4. The molecule has 8 heteroatoms. The molecule has 2 N–H and O–H groups in total. The number of furan rings is 1. The first-order chi connectivity index (χ1) is 12.5. The highest BCUT2D eigenvalue weighted by atomic mass is 32.2. The van der Waals surface area contributed by atoms with Crippen LogP contribution in [0.2, 0.25) is 0 Å². The minimum absolute atomic E-state index is 0.126. The van der Waals surface area contributed by atoms with Crippen molar-refractivity contribution in [1.29, 1.82) is 0 Å². The van der Waals surface area contributed by atoms with Gasteiger partial charge in [0.25, 0.3) is 10.0 Å². The van der Waals surface area contributed by atoms with E-state index in [0.717, 1.165) is 0 Å². The van der Waals surface area contributed by atoms with E-state index in [1.54, 1.807) is 55.6 Å². The zero-order valence-electron chi connectivity index (χ0n) is 13.8. The van der Waals surface area contributed by atoms with Crippen molar-refractivity contribution in [2.24, 2.45) is 5.16 Å². The van der Waals surface area contributed by atoms with Crippen molar-refractivity contribution in [2.75, 3.05) is 11.8 Å². The Morgan fingerprint density at radius 2 is 1.73 bits per heavy atom. The molecule has 0 unspecified atom stereocenters. The normalized spacial score (nSPS) is 11.6. The second kappa shape index (κ2) is 7.32. The second-order valence-corrected chi connectivity index (χ2v) is 6.99. The van der Waals surface area contributed by atoms with Gasteiger partial charge in [0, 0.05) is 11.3 Å². The molecule has 0 fully saturated rings. The predicted octanol–water partition coefficient (Wildman–Crippen LogP) is 3.56. The molecule has 1 heterocycles. The molecule has 0 amide bonds. The van der Waals surface area contributed by atoms with Crippen LogP contribution in [0.5, 0.6) is 5.75 Å². The van der Waals surface area contributed by atoms with Gasteiger partial charge in [-0.05, 0) is 60.7 Å². The Morgan fingerprint density at radius 3 is 2.35 bits per heavy atom. The van der Waals surface area contributed by atoms with Gasteiger partial charge in [-0.3, -0.25) is 4.72 Å². The summed E-state index contributed by atoms with van der Waals surface area (Å²) in [6.45, 7) is 0. The minimum atomic E-state index is -3.71. The summed E-state index contributed by atoms with van der Waals surface area (Å²) in [7, 11) is -2.17. The van der Waals surface area contributed by atoms with E-state index in [4.69, 9.17) is 14.4 Å². The van der Waals surface area contributed by atoms with Gasteiger partial charge in [-0.15, -0.1) is 0 Å². The highest BCUT2D eigenvalue weighted by Gasteiger charge is 2.15. The fourth-order valence-electron chi connectivity index (χ4n) is 2.31. The molecule has 0 aliphatic rings. The fraction of sp³-hybridized carbons (Fsp3) is 0.0556. The van der Waals surface area contributed by atoms with Gasteiger partial charge in [-0.25, -0.2) is 8.42 Å².